The highest BCUT2D eigenvalue weighted by molar-refractivity contribution is 7.89. The van der Waals surface area contributed by atoms with Crippen LogP contribution in [0.25, 0.3) is 11.0 Å². The number of benzene rings is 1. The highest BCUT2D eigenvalue weighted by Crippen LogP contribution is 2.29. The number of nitrogens with zero attached hydrogens (tertiary/aromatic N) is 2. The molecule has 0 bridgehead atoms. The van der Waals surface area contributed by atoms with Crippen molar-refractivity contribution in [2.24, 2.45) is 11.8 Å². The van der Waals surface area contributed by atoms with Gasteiger partial charge in [0.05, 0.1) is 4.90 Å². The van der Waals surface area contributed by atoms with Gasteiger partial charge in [0.15, 0.2) is 5.76 Å². The smallest absolute Gasteiger partial charge is 0.289 e. The van der Waals surface area contributed by atoms with E-state index in [1.165, 1.54) is 0 Å². The summed E-state index contributed by atoms with van der Waals surface area (Å²) in [6.07, 6.45) is 3.08. The van der Waals surface area contributed by atoms with Crippen LogP contribution in [0.5, 0.6) is 0 Å². The molecule has 2 saturated heterocycles. The molecule has 1 aromatic carbocycles. The van der Waals surface area contributed by atoms with Gasteiger partial charge in [-0.2, -0.15) is 4.31 Å². The maximum atomic E-state index is 13.1. The lowest BCUT2D eigenvalue weighted by Crippen LogP contribution is -2.42. The molecule has 0 radical (unpaired) electrons. The standard InChI is InChI=1S/C20H26N2O4S/c1-14-9-15(2)13-22(12-14)27(24,25)17-5-6-18-16(10-17)11-19(26-18)20(23)21-7-3-4-8-21/h5-6,10-11,14-15H,3-4,7-9,12-13H2,1-2H3. The molecule has 7 heteroatoms. The van der Waals surface area contributed by atoms with Crippen LogP contribution in [-0.2, 0) is 10.0 Å². The molecule has 4 rings (SSSR count). The number of carbonyl (C=O) groups excluding carboxylic acids is 1. The second-order valence-electron chi connectivity index (χ2n) is 8.08. The number of fused-ring (bicyclic) bond motifs is 1. The third kappa shape index (κ3) is 3.50. The molecule has 3 heterocycles. The predicted octanol–water partition coefficient (Wildman–Crippen LogP) is 3.34. The van der Waals surface area contributed by atoms with Gasteiger partial charge in [-0.25, -0.2) is 8.42 Å². The molecule has 1 aromatic heterocycles. The summed E-state index contributed by atoms with van der Waals surface area (Å²) in [5.41, 5.74) is 0.539. The van der Waals surface area contributed by atoms with E-state index < -0.39 is 10.0 Å². The van der Waals surface area contributed by atoms with Crippen LogP contribution in [0, 0.1) is 11.8 Å². The van der Waals surface area contributed by atoms with Gasteiger partial charge >= 0.3 is 0 Å². The molecule has 2 aromatic rings. The Morgan fingerprint density at radius 2 is 1.74 bits per heavy atom. The number of furan rings is 1. The first-order chi connectivity index (χ1) is 12.8. The quantitative estimate of drug-likeness (QED) is 0.806. The number of hydrogen-bond donors (Lipinski definition) is 0. The van der Waals surface area contributed by atoms with Crippen molar-refractivity contribution in [3.8, 4) is 0 Å². The van der Waals surface area contributed by atoms with Crippen molar-refractivity contribution in [2.75, 3.05) is 26.2 Å². The summed E-state index contributed by atoms with van der Waals surface area (Å²) in [5, 5.41) is 0.650. The Labute approximate surface area is 160 Å². The van der Waals surface area contributed by atoms with Crippen molar-refractivity contribution in [1.29, 1.82) is 0 Å². The van der Waals surface area contributed by atoms with Crippen molar-refractivity contribution < 1.29 is 17.6 Å². The minimum absolute atomic E-state index is 0.119. The number of likely N-dealkylation sites (tertiary alicyclic amines) is 1. The van der Waals surface area contributed by atoms with E-state index in [0.717, 1.165) is 32.4 Å². The number of rotatable bonds is 3. The zero-order valence-electron chi connectivity index (χ0n) is 15.8. The van der Waals surface area contributed by atoms with E-state index in [2.05, 4.69) is 13.8 Å². The number of amides is 1. The lowest BCUT2D eigenvalue weighted by atomic mass is 9.94. The van der Waals surface area contributed by atoms with Crippen molar-refractivity contribution in [1.82, 2.24) is 9.21 Å². The maximum Gasteiger partial charge on any atom is 0.289 e. The van der Waals surface area contributed by atoms with E-state index in [0.29, 0.717) is 35.9 Å². The largest absolute Gasteiger partial charge is 0.451 e. The normalized spacial score (nSPS) is 24.6. The van der Waals surface area contributed by atoms with Gasteiger partial charge in [0.1, 0.15) is 5.58 Å². The van der Waals surface area contributed by atoms with Crippen LogP contribution in [0.1, 0.15) is 43.7 Å². The SMILES string of the molecule is CC1CC(C)CN(S(=O)(=O)c2ccc3oc(C(=O)N4CCCC4)cc3c2)C1. The third-order valence-electron chi connectivity index (χ3n) is 5.56. The lowest BCUT2D eigenvalue weighted by molar-refractivity contribution is 0.0763. The molecule has 0 N–H and O–H groups in total. The Morgan fingerprint density at radius 1 is 1.07 bits per heavy atom. The van der Waals surface area contributed by atoms with Crippen molar-refractivity contribution >= 4 is 26.9 Å². The first-order valence-electron chi connectivity index (χ1n) is 9.67. The van der Waals surface area contributed by atoms with E-state index in [1.807, 2.05) is 0 Å². The summed E-state index contributed by atoms with van der Waals surface area (Å²) in [6.45, 7) is 6.78. The second kappa shape index (κ2) is 6.95. The predicted molar refractivity (Wildman–Crippen MR) is 103 cm³/mol. The Morgan fingerprint density at radius 3 is 2.41 bits per heavy atom. The fourth-order valence-electron chi connectivity index (χ4n) is 4.31. The fourth-order valence-corrected chi connectivity index (χ4v) is 6.03. The van der Waals surface area contributed by atoms with Crippen LogP contribution in [0.15, 0.2) is 33.6 Å². The number of hydrogen-bond acceptors (Lipinski definition) is 4. The van der Waals surface area contributed by atoms with Gasteiger partial charge < -0.3 is 9.32 Å². The molecule has 6 nitrogen and oxygen atoms in total. The zero-order chi connectivity index (χ0) is 19.2. The Kier molecular flexibility index (Phi) is 4.76. The van der Waals surface area contributed by atoms with Crippen LogP contribution < -0.4 is 0 Å². The molecule has 0 spiro atoms. The highest BCUT2D eigenvalue weighted by atomic mass is 32.2. The average molecular weight is 391 g/mol. The van der Waals surface area contributed by atoms with Crippen LogP contribution in [-0.4, -0.2) is 49.7 Å². The van der Waals surface area contributed by atoms with Gasteiger partial charge in [-0.3, -0.25) is 4.79 Å². The number of piperidine rings is 1. The Balaban J connectivity index is 1.63. The van der Waals surface area contributed by atoms with Crippen LogP contribution in [0.2, 0.25) is 0 Å². The summed E-state index contributed by atoms with van der Waals surface area (Å²) in [5.74, 6) is 0.866. The molecule has 2 aliphatic heterocycles. The van der Waals surface area contributed by atoms with Crippen LogP contribution in [0.3, 0.4) is 0 Å². The third-order valence-corrected chi connectivity index (χ3v) is 7.39. The Hall–Kier alpha value is -1.86. The van der Waals surface area contributed by atoms with Gasteiger partial charge in [0.25, 0.3) is 5.91 Å². The van der Waals surface area contributed by atoms with Crippen LogP contribution in [0.4, 0.5) is 0 Å². The first kappa shape index (κ1) is 18.5. The van der Waals surface area contributed by atoms with Crippen LogP contribution >= 0.6 is 0 Å². The average Bonchev–Trinajstić information content (AvgIpc) is 3.29. The minimum Gasteiger partial charge on any atom is -0.451 e. The molecule has 2 unspecified atom stereocenters. The fraction of sp³-hybridized carbons (Fsp3) is 0.550. The van der Waals surface area contributed by atoms with Gasteiger partial charge in [0.2, 0.25) is 10.0 Å². The number of carbonyl (C=O) groups is 1. The first-order valence-corrected chi connectivity index (χ1v) is 11.1. The van der Waals surface area contributed by atoms with E-state index in [4.69, 9.17) is 4.42 Å². The molecule has 0 aliphatic carbocycles. The van der Waals surface area contributed by atoms with Crippen molar-refractivity contribution in [2.45, 2.75) is 38.0 Å². The maximum absolute atomic E-state index is 13.1. The van der Waals surface area contributed by atoms with E-state index in [1.54, 1.807) is 33.5 Å². The summed E-state index contributed by atoms with van der Waals surface area (Å²) in [4.78, 5) is 14.6. The summed E-state index contributed by atoms with van der Waals surface area (Å²) in [7, 11) is -3.55. The molecule has 2 fully saturated rings. The topological polar surface area (TPSA) is 70.8 Å². The summed E-state index contributed by atoms with van der Waals surface area (Å²) >= 11 is 0. The second-order valence-corrected chi connectivity index (χ2v) is 10.0. The summed E-state index contributed by atoms with van der Waals surface area (Å²) < 4.78 is 33.5. The lowest BCUT2D eigenvalue weighted by Gasteiger charge is -2.34. The van der Waals surface area contributed by atoms with Gasteiger partial charge in [-0.05, 0) is 55.4 Å². The number of sulfonamides is 1. The molecular formula is C20H26N2O4S. The molecule has 146 valence electrons. The highest BCUT2D eigenvalue weighted by Gasteiger charge is 2.32. The van der Waals surface area contributed by atoms with Crippen molar-refractivity contribution in [3.63, 3.8) is 0 Å². The molecule has 2 atom stereocenters. The molecule has 1 amide bonds. The zero-order valence-corrected chi connectivity index (χ0v) is 16.7. The minimum atomic E-state index is -3.55. The van der Waals surface area contributed by atoms with Gasteiger partial charge in [-0.15, -0.1) is 0 Å². The van der Waals surface area contributed by atoms with E-state index >= 15 is 0 Å². The molecule has 27 heavy (non-hydrogen) atoms. The summed E-state index contributed by atoms with van der Waals surface area (Å²) in [6, 6.07) is 6.52. The monoisotopic (exact) mass is 390 g/mol. The molecule has 0 saturated carbocycles. The molecular weight excluding hydrogens is 364 g/mol. The Bertz CT molecular complexity index is 950. The molecule has 2 aliphatic rings. The van der Waals surface area contributed by atoms with Crippen molar-refractivity contribution in [3.05, 3.63) is 30.0 Å². The van der Waals surface area contributed by atoms with Gasteiger partial charge in [-0.1, -0.05) is 13.8 Å². The van der Waals surface area contributed by atoms with E-state index in [-0.39, 0.29) is 16.6 Å². The van der Waals surface area contributed by atoms with E-state index in [9.17, 15) is 13.2 Å². The van der Waals surface area contributed by atoms with Gasteiger partial charge in [0, 0.05) is 31.6 Å².